The zero-order valence-corrected chi connectivity index (χ0v) is 13.8. The molecular weight excluding hydrogens is 234 g/mol. The summed E-state index contributed by atoms with van der Waals surface area (Å²) in [4.78, 5) is 0. The molecule has 0 aliphatic heterocycles. The lowest BCUT2D eigenvalue weighted by molar-refractivity contribution is -0.861. The fourth-order valence-electron chi connectivity index (χ4n) is 2.54. The molecule has 0 N–H and O–H groups in total. The number of nitrogens with zero attached hydrogens (tertiary/aromatic N) is 1. The van der Waals surface area contributed by atoms with Gasteiger partial charge in [0.1, 0.15) is 0 Å². The first-order chi connectivity index (χ1) is 9.12. The first kappa shape index (κ1) is 18.9. The summed E-state index contributed by atoms with van der Waals surface area (Å²) in [6.45, 7) is 6.04. The fourth-order valence-corrected chi connectivity index (χ4v) is 2.54. The molecule has 0 heterocycles. The molecule has 0 rings (SSSR count). The molecule has 0 radical (unpaired) electrons. The molecular formula is C17H37NO. The molecule has 0 aromatic rings. The Hall–Kier alpha value is -0.0800. The molecule has 19 heavy (non-hydrogen) atoms. The topological polar surface area (TPSA) is 23.1 Å². The van der Waals surface area contributed by atoms with Crippen LogP contribution in [0, 0.1) is 5.21 Å². The second-order valence-corrected chi connectivity index (χ2v) is 6.28. The second kappa shape index (κ2) is 12.9. The van der Waals surface area contributed by atoms with Crippen LogP contribution in [0.25, 0.3) is 0 Å². The van der Waals surface area contributed by atoms with Gasteiger partial charge in [-0.25, -0.2) is 0 Å². The number of rotatable bonds is 14. The first-order valence-corrected chi connectivity index (χ1v) is 8.68. The lowest BCUT2D eigenvalue weighted by Gasteiger charge is -2.38. The standard InChI is InChI=1S/C17H37NO/c1-4-6-8-9-10-11-12-13-14-15-17-18(3,19)16-7-5-2/h4-17H2,1-3H3. The Labute approximate surface area is 121 Å². The lowest BCUT2D eigenvalue weighted by atomic mass is 10.1. The molecule has 0 aliphatic carbocycles. The van der Waals surface area contributed by atoms with Crippen LogP contribution in [0.1, 0.15) is 90.9 Å². The number of hydroxylamine groups is 3. The lowest BCUT2D eigenvalue weighted by Crippen LogP contribution is -2.39. The van der Waals surface area contributed by atoms with E-state index in [0.29, 0.717) is 0 Å². The van der Waals surface area contributed by atoms with Crippen molar-refractivity contribution < 1.29 is 4.65 Å². The van der Waals surface area contributed by atoms with Crippen LogP contribution in [0.5, 0.6) is 0 Å². The smallest absolute Gasteiger partial charge is 0.0781 e. The van der Waals surface area contributed by atoms with Gasteiger partial charge in [-0.05, 0) is 19.3 Å². The summed E-state index contributed by atoms with van der Waals surface area (Å²) in [6.07, 6.45) is 15.6. The summed E-state index contributed by atoms with van der Waals surface area (Å²) in [7, 11) is 1.84. The summed E-state index contributed by atoms with van der Waals surface area (Å²) in [5.41, 5.74) is 0. The van der Waals surface area contributed by atoms with Gasteiger partial charge in [0.25, 0.3) is 0 Å². The third-order valence-corrected chi connectivity index (χ3v) is 3.97. The highest BCUT2D eigenvalue weighted by Crippen LogP contribution is 2.12. The van der Waals surface area contributed by atoms with Crippen molar-refractivity contribution in [3.05, 3.63) is 5.21 Å². The average molecular weight is 271 g/mol. The minimum Gasteiger partial charge on any atom is -0.633 e. The Morgan fingerprint density at radius 2 is 0.947 bits per heavy atom. The summed E-state index contributed by atoms with van der Waals surface area (Å²) in [6, 6.07) is 0. The highest BCUT2D eigenvalue weighted by atomic mass is 16.5. The molecule has 0 aromatic heterocycles. The van der Waals surface area contributed by atoms with E-state index in [-0.39, 0.29) is 4.65 Å². The maximum absolute atomic E-state index is 12.0. The van der Waals surface area contributed by atoms with Gasteiger partial charge in [0.15, 0.2) is 0 Å². The second-order valence-electron chi connectivity index (χ2n) is 6.28. The van der Waals surface area contributed by atoms with Crippen molar-refractivity contribution in [3.8, 4) is 0 Å². The van der Waals surface area contributed by atoms with Gasteiger partial charge in [0.05, 0.1) is 20.1 Å². The molecule has 1 atom stereocenters. The minimum absolute atomic E-state index is 0.0230. The highest BCUT2D eigenvalue weighted by molar-refractivity contribution is 4.48. The summed E-state index contributed by atoms with van der Waals surface area (Å²) >= 11 is 0. The van der Waals surface area contributed by atoms with Crippen molar-refractivity contribution in [1.82, 2.24) is 0 Å². The van der Waals surface area contributed by atoms with E-state index in [1.54, 1.807) is 0 Å². The van der Waals surface area contributed by atoms with Crippen LogP contribution in [0.15, 0.2) is 0 Å². The fraction of sp³-hybridized carbons (Fsp3) is 1.00. The third-order valence-electron chi connectivity index (χ3n) is 3.97. The maximum Gasteiger partial charge on any atom is 0.0781 e. The van der Waals surface area contributed by atoms with E-state index < -0.39 is 0 Å². The van der Waals surface area contributed by atoms with Crippen LogP contribution in [0.3, 0.4) is 0 Å². The molecule has 0 aliphatic rings. The Morgan fingerprint density at radius 3 is 1.42 bits per heavy atom. The van der Waals surface area contributed by atoms with Gasteiger partial charge < -0.3 is 9.85 Å². The van der Waals surface area contributed by atoms with Crippen molar-refractivity contribution in [3.63, 3.8) is 0 Å². The van der Waals surface area contributed by atoms with Crippen LogP contribution in [-0.4, -0.2) is 24.8 Å². The molecule has 0 amide bonds. The first-order valence-electron chi connectivity index (χ1n) is 8.68. The molecule has 2 nitrogen and oxygen atoms in total. The SMILES string of the molecule is CCCCCCCCCCCC[N+](C)([O-])CCCC. The van der Waals surface area contributed by atoms with Gasteiger partial charge in [0.2, 0.25) is 0 Å². The van der Waals surface area contributed by atoms with E-state index in [1.165, 1.54) is 57.8 Å². The largest absolute Gasteiger partial charge is 0.633 e. The Balaban J connectivity index is 3.21. The maximum atomic E-state index is 12.0. The van der Waals surface area contributed by atoms with Gasteiger partial charge >= 0.3 is 0 Å². The van der Waals surface area contributed by atoms with E-state index in [1.807, 2.05) is 7.05 Å². The van der Waals surface area contributed by atoms with Crippen molar-refractivity contribution in [2.45, 2.75) is 90.9 Å². The van der Waals surface area contributed by atoms with Gasteiger partial charge in [-0.1, -0.05) is 71.6 Å². The number of hydrogen-bond donors (Lipinski definition) is 0. The highest BCUT2D eigenvalue weighted by Gasteiger charge is 2.08. The van der Waals surface area contributed by atoms with E-state index in [2.05, 4.69) is 13.8 Å². The van der Waals surface area contributed by atoms with Gasteiger partial charge in [-0.3, -0.25) is 0 Å². The van der Waals surface area contributed by atoms with Crippen LogP contribution < -0.4 is 0 Å². The van der Waals surface area contributed by atoms with Gasteiger partial charge in [-0.2, -0.15) is 0 Å². The summed E-state index contributed by atoms with van der Waals surface area (Å²) in [5, 5.41) is 12.0. The van der Waals surface area contributed by atoms with Crippen molar-refractivity contribution >= 4 is 0 Å². The Bertz CT molecular complexity index is 180. The normalized spacial score (nSPS) is 14.5. The quantitative estimate of drug-likeness (QED) is 0.227. The minimum atomic E-state index is -0.0230. The van der Waals surface area contributed by atoms with Crippen LogP contribution in [-0.2, 0) is 0 Å². The summed E-state index contributed by atoms with van der Waals surface area (Å²) in [5.74, 6) is 0. The van der Waals surface area contributed by atoms with Crippen LogP contribution in [0.4, 0.5) is 0 Å². The van der Waals surface area contributed by atoms with Gasteiger partial charge in [-0.15, -0.1) is 0 Å². The van der Waals surface area contributed by atoms with Crippen molar-refractivity contribution in [2.24, 2.45) is 0 Å². The molecule has 0 bridgehead atoms. The Morgan fingerprint density at radius 1 is 0.579 bits per heavy atom. The molecule has 2 heteroatoms. The van der Waals surface area contributed by atoms with Crippen LogP contribution in [0.2, 0.25) is 0 Å². The third kappa shape index (κ3) is 14.1. The number of unbranched alkanes of at least 4 members (excludes halogenated alkanes) is 10. The Kier molecular flexibility index (Phi) is 12.9. The van der Waals surface area contributed by atoms with E-state index in [4.69, 9.17) is 0 Å². The van der Waals surface area contributed by atoms with Crippen molar-refractivity contribution in [1.29, 1.82) is 0 Å². The predicted octanol–water partition coefficient (Wildman–Crippen LogP) is 5.65. The van der Waals surface area contributed by atoms with E-state index >= 15 is 0 Å². The summed E-state index contributed by atoms with van der Waals surface area (Å²) < 4.78 is -0.0230. The average Bonchev–Trinajstić information content (AvgIpc) is 2.38. The number of quaternary nitrogens is 1. The molecule has 0 saturated heterocycles. The van der Waals surface area contributed by atoms with E-state index in [0.717, 1.165) is 32.4 Å². The monoisotopic (exact) mass is 271 g/mol. The van der Waals surface area contributed by atoms with Crippen LogP contribution >= 0.6 is 0 Å². The molecule has 0 fully saturated rings. The predicted molar refractivity (Wildman–Crippen MR) is 86.0 cm³/mol. The molecule has 1 unspecified atom stereocenters. The van der Waals surface area contributed by atoms with Crippen molar-refractivity contribution in [2.75, 3.05) is 20.1 Å². The van der Waals surface area contributed by atoms with E-state index in [9.17, 15) is 5.21 Å². The number of hydrogen-bond acceptors (Lipinski definition) is 1. The molecule has 0 aromatic carbocycles. The molecule has 0 spiro atoms. The molecule has 0 saturated carbocycles. The zero-order valence-electron chi connectivity index (χ0n) is 13.8. The molecule has 116 valence electrons. The van der Waals surface area contributed by atoms with Gasteiger partial charge in [0, 0.05) is 0 Å². The zero-order chi connectivity index (χ0) is 14.4.